The molecule has 1 unspecified atom stereocenters. The topological polar surface area (TPSA) is 112 Å². The van der Waals surface area contributed by atoms with Gasteiger partial charge in [0.05, 0.1) is 35.1 Å². The SMILES string of the molecule is C[C@@H](C(=O)NC1N=C(c2ccc3c(=O)ccoc3c2)c2ccccc2N(C)C1=O)[C@@H](O)c1ccc(F)c(F)c1. The van der Waals surface area contributed by atoms with Crippen LogP contribution in [0, 0.1) is 17.6 Å². The Hall–Kier alpha value is -4.70. The van der Waals surface area contributed by atoms with E-state index in [-0.39, 0.29) is 11.0 Å². The molecular weight excluding hydrogens is 508 g/mol. The Morgan fingerprint density at radius 2 is 1.82 bits per heavy atom. The summed E-state index contributed by atoms with van der Waals surface area (Å²) in [5.74, 6) is -4.63. The van der Waals surface area contributed by atoms with E-state index in [0.717, 1.165) is 12.1 Å². The summed E-state index contributed by atoms with van der Waals surface area (Å²) in [6.45, 7) is 1.40. The second-order valence-corrected chi connectivity index (χ2v) is 9.21. The standard InChI is InChI=1S/C29H23F2N3O5/c1-15(26(36)17-8-10-20(30)21(31)13-17)28(37)33-27-29(38)34(2)22-6-4-3-5-18(22)25(32-27)16-7-9-19-23(35)11-12-39-24(19)14-16/h3-15,26-27,36H,1-2H3,(H,33,37)/t15-,26-,27?/m1/s1. The highest BCUT2D eigenvalue weighted by atomic mass is 19.2. The summed E-state index contributed by atoms with van der Waals surface area (Å²) in [5, 5.41) is 13.6. The van der Waals surface area contributed by atoms with Crippen LogP contribution < -0.4 is 15.6 Å². The number of likely N-dealkylation sites (N-methyl/N-ethyl adjacent to an activating group) is 1. The van der Waals surface area contributed by atoms with Gasteiger partial charge in [0.15, 0.2) is 17.1 Å². The number of carbonyl (C=O) groups excluding carboxylic acids is 2. The van der Waals surface area contributed by atoms with Gasteiger partial charge in [0.2, 0.25) is 12.1 Å². The first kappa shape index (κ1) is 25.9. The molecule has 1 aliphatic rings. The van der Waals surface area contributed by atoms with E-state index >= 15 is 0 Å². The third kappa shape index (κ3) is 4.82. The monoisotopic (exact) mass is 531 g/mol. The van der Waals surface area contributed by atoms with Gasteiger partial charge in [-0.15, -0.1) is 0 Å². The molecule has 4 aromatic rings. The molecule has 0 aliphatic carbocycles. The lowest BCUT2D eigenvalue weighted by molar-refractivity contribution is -0.132. The predicted molar refractivity (Wildman–Crippen MR) is 140 cm³/mol. The van der Waals surface area contributed by atoms with Crippen molar-refractivity contribution in [1.82, 2.24) is 5.32 Å². The normalized spacial score (nSPS) is 16.7. The van der Waals surface area contributed by atoms with Crippen molar-refractivity contribution in [2.45, 2.75) is 19.2 Å². The van der Waals surface area contributed by atoms with Crippen LogP contribution in [0.5, 0.6) is 0 Å². The zero-order valence-electron chi connectivity index (χ0n) is 20.9. The van der Waals surface area contributed by atoms with Crippen molar-refractivity contribution in [2.24, 2.45) is 10.9 Å². The molecule has 0 saturated heterocycles. The minimum absolute atomic E-state index is 0.00936. The van der Waals surface area contributed by atoms with Crippen LogP contribution in [0.15, 0.2) is 87.2 Å². The Morgan fingerprint density at radius 1 is 1.05 bits per heavy atom. The number of fused-ring (bicyclic) bond motifs is 2. The van der Waals surface area contributed by atoms with Gasteiger partial charge in [-0.1, -0.05) is 37.3 Å². The number of nitrogens with one attached hydrogen (secondary N) is 1. The zero-order chi connectivity index (χ0) is 27.8. The Bertz CT molecular complexity index is 1700. The molecule has 198 valence electrons. The van der Waals surface area contributed by atoms with Crippen molar-refractivity contribution in [1.29, 1.82) is 0 Å². The van der Waals surface area contributed by atoms with Gasteiger partial charge in [-0.25, -0.2) is 13.8 Å². The lowest BCUT2D eigenvalue weighted by atomic mass is 9.96. The fourth-order valence-electron chi connectivity index (χ4n) is 4.47. The largest absolute Gasteiger partial charge is 0.464 e. The number of hydrogen-bond acceptors (Lipinski definition) is 6. The van der Waals surface area contributed by atoms with Crippen LogP contribution in [-0.2, 0) is 9.59 Å². The maximum absolute atomic E-state index is 13.7. The molecular formula is C29H23F2N3O5. The van der Waals surface area contributed by atoms with Gasteiger partial charge in [-0.2, -0.15) is 0 Å². The Labute approximate surface area is 221 Å². The van der Waals surface area contributed by atoms with Crippen LogP contribution in [0.4, 0.5) is 14.5 Å². The van der Waals surface area contributed by atoms with Gasteiger partial charge < -0.3 is 19.7 Å². The zero-order valence-corrected chi connectivity index (χ0v) is 20.9. The quantitative estimate of drug-likeness (QED) is 0.408. The van der Waals surface area contributed by atoms with Crippen LogP contribution in [0.25, 0.3) is 11.0 Å². The van der Waals surface area contributed by atoms with Gasteiger partial charge in [0, 0.05) is 24.2 Å². The fraction of sp³-hybridized carbons (Fsp3) is 0.172. The van der Waals surface area contributed by atoms with Crippen LogP contribution in [0.2, 0.25) is 0 Å². The number of amides is 2. The van der Waals surface area contributed by atoms with E-state index < -0.39 is 41.6 Å². The number of aliphatic hydroxyl groups is 1. The third-order valence-electron chi connectivity index (χ3n) is 6.73. The summed E-state index contributed by atoms with van der Waals surface area (Å²) < 4.78 is 32.5. The molecule has 1 aromatic heterocycles. The number of carbonyl (C=O) groups is 2. The van der Waals surface area contributed by atoms with Crippen LogP contribution in [-0.4, -0.2) is 35.8 Å². The van der Waals surface area contributed by atoms with Gasteiger partial charge in [0.1, 0.15) is 5.58 Å². The summed E-state index contributed by atoms with van der Waals surface area (Å²) in [6.07, 6.45) is -1.55. The molecule has 0 spiro atoms. The molecule has 0 saturated carbocycles. The fourth-order valence-corrected chi connectivity index (χ4v) is 4.47. The molecule has 3 atom stereocenters. The number of benzodiazepines with no additional fused rings is 1. The third-order valence-corrected chi connectivity index (χ3v) is 6.73. The summed E-state index contributed by atoms with van der Waals surface area (Å²) >= 11 is 0. The number of halogens is 2. The lowest BCUT2D eigenvalue weighted by Crippen LogP contribution is -2.48. The van der Waals surface area contributed by atoms with E-state index in [1.54, 1.807) is 49.5 Å². The summed E-state index contributed by atoms with van der Waals surface area (Å²) in [5.41, 5.74) is 2.19. The van der Waals surface area contributed by atoms with E-state index in [2.05, 4.69) is 10.3 Å². The Kier molecular flexibility index (Phi) is 6.80. The van der Waals surface area contributed by atoms with Crippen molar-refractivity contribution in [3.63, 3.8) is 0 Å². The van der Waals surface area contributed by atoms with E-state index in [4.69, 9.17) is 4.42 Å². The molecule has 2 amide bonds. The van der Waals surface area contributed by atoms with Gasteiger partial charge in [-0.3, -0.25) is 14.4 Å². The highest BCUT2D eigenvalue weighted by Crippen LogP contribution is 2.29. The Morgan fingerprint density at radius 3 is 2.59 bits per heavy atom. The second kappa shape index (κ2) is 10.2. The smallest absolute Gasteiger partial charge is 0.272 e. The molecule has 3 aromatic carbocycles. The number of nitrogens with zero attached hydrogens (tertiary/aromatic N) is 2. The molecule has 10 heteroatoms. The minimum Gasteiger partial charge on any atom is -0.464 e. The number of benzene rings is 3. The molecule has 39 heavy (non-hydrogen) atoms. The first-order valence-electron chi connectivity index (χ1n) is 12.1. The van der Waals surface area contributed by atoms with E-state index in [1.165, 1.54) is 30.2 Å². The number of hydrogen-bond donors (Lipinski definition) is 2. The van der Waals surface area contributed by atoms with Crippen LogP contribution in [0.1, 0.15) is 29.7 Å². The van der Waals surface area contributed by atoms with Crippen molar-refractivity contribution in [3.8, 4) is 0 Å². The summed E-state index contributed by atoms with van der Waals surface area (Å²) in [6, 6.07) is 16.2. The van der Waals surface area contributed by atoms with Crippen molar-refractivity contribution in [3.05, 3.63) is 112 Å². The van der Waals surface area contributed by atoms with E-state index in [1.807, 2.05) is 0 Å². The molecule has 5 rings (SSSR count). The highest BCUT2D eigenvalue weighted by molar-refractivity contribution is 6.20. The number of rotatable bonds is 5. The highest BCUT2D eigenvalue weighted by Gasteiger charge is 2.33. The lowest BCUT2D eigenvalue weighted by Gasteiger charge is -2.23. The Balaban J connectivity index is 1.52. The van der Waals surface area contributed by atoms with Crippen LogP contribution >= 0.6 is 0 Å². The van der Waals surface area contributed by atoms with E-state index in [0.29, 0.717) is 33.5 Å². The maximum atomic E-state index is 13.7. The number of para-hydroxylation sites is 1. The number of anilines is 1. The molecule has 1 aliphatic heterocycles. The van der Waals surface area contributed by atoms with Crippen molar-refractivity contribution in [2.75, 3.05) is 11.9 Å². The predicted octanol–water partition coefficient (Wildman–Crippen LogP) is 3.70. The minimum atomic E-state index is -1.47. The average Bonchev–Trinajstić information content (AvgIpc) is 3.04. The molecule has 0 radical (unpaired) electrons. The van der Waals surface area contributed by atoms with Gasteiger partial charge in [-0.05, 0) is 35.9 Å². The number of aliphatic hydroxyl groups excluding tert-OH is 1. The first-order valence-corrected chi connectivity index (χ1v) is 12.1. The molecule has 0 fully saturated rings. The van der Waals surface area contributed by atoms with Crippen LogP contribution in [0.3, 0.4) is 0 Å². The molecule has 2 heterocycles. The van der Waals surface area contributed by atoms with Crippen molar-refractivity contribution >= 4 is 34.2 Å². The summed E-state index contributed by atoms with van der Waals surface area (Å²) in [4.78, 5) is 44.7. The second-order valence-electron chi connectivity index (χ2n) is 9.21. The maximum Gasteiger partial charge on any atom is 0.272 e. The van der Waals surface area contributed by atoms with Crippen molar-refractivity contribution < 1.29 is 27.9 Å². The first-order chi connectivity index (χ1) is 18.7. The molecule has 8 nitrogen and oxygen atoms in total. The van der Waals surface area contributed by atoms with E-state index in [9.17, 15) is 28.3 Å². The van der Waals surface area contributed by atoms with Gasteiger partial charge in [0.25, 0.3) is 5.91 Å². The molecule has 0 bridgehead atoms. The average molecular weight is 532 g/mol. The number of aliphatic imine (C=N–C) groups is 1. The van der Waals surface area contributed by atoms with Gasteiger partial charge >= 0.3 is 0 Å². The summed E-state index contributed by atoms with van der Waals surface area (Å²) in [7, 11) is 1.55. The molecule has 2 N–H and O–H groups in total.